The Morgan fingerprint density at radius 2 is 1.56 bits per heavy atom. The third-order valence-electron chi connectivity index (χ3n) is 6.98. The van der Waals surface area contributed by atoms with E-state index in [-0.39, 0.29) is 24.9 Å². The summed E-state index contributed by atoms with van der Waals surface area (Å²) < 4.78 is 5.54. The van der Waals surface area contributed by atoms with Crippen molar-refractivity contribution in [2.45, 2.75) is 18.4 Å². The van der Waals surface area contributed by atoms with Crippen molar-refractivity contribution in [3.63, 3.8) is 0 Å². The van der Waals surface area contributed by atoms with Gasteiger partial charge in [-0.2, -0.15) is 0 Å². The highest BCUT2D eigenvalue weighted by Gasteiger charge is 2.30. The maximum atomic E-state index is 12.7. The summed E-state index contributed by atoms with van der Waals surface area (Å²) in [5.41, 5.74) is 6.37. The minimum absolute atomic E-state index is 0.0496. The van der Waals surface area contributed by atoms with Gasteiger partial charge < -0.3 is 20.5 Å². The maximum absolute atomic E-state index is 12.7. The van der Waals surface area contributed by atoms with Gasteiger partial charge in [-0.25, -0.2) is 9.59 Å². The number of hydrogen-bond acceptors (Lipinski definition) is 4. The average molecular weight is 479 g/mol. The Hall–Kier alpha value is -4.65. The minimum atomic E-state index is -1.19. The zero-order valence-electron chi connectivity index (χ0n) is 19.2. The Labute approximate surface area is 206 Å². The fourth-order valence-electron chi connectivity index (χ4n) is 5.33. The summed E-state index contributed by atoms with van der Waals surface area (Å²) >= 11 is 0. The van der Waals surface area contributed by atoms with Crippen LogP contribution < -0.4 is 10.6 Å². The molecule has 0 bridgehead atoms. The van der Waals surface area contributed by atoms with Crippen LogP contribution in [0, 0.1) is 0 Å². The number of rotatable bonds is 6. The van der Waals surface area contributed by atoms with Crippen LogP contribution >= 0.6 is 0 Å². The molecule has 0 saturated carbocycles. The molecule has 36 heavy (non-hydrogen) atoms. The van der Waals surface area contributed by atoms with Crippen LogP contribution in [0.25, 0.3) is 21.9 Å². The normalized spacial score (nSPS) is 14.2. The lowest BCUT2D eigenvalue weighted by Gasteiger charge is -2.18. The van der Waals surface area contributed by atoms with Crippen LogP contribution in [0.4, 0.5) is 10.5 Å². The Balaban J connectivity index is 1.19. The highest BCUT2D eigenvalue weighted by Crippen LogP contribution is 2.44. The molecule has 0 saturated heterocycles. The van der Waals surface area contributed by atoms with E-state index in [4.69, 9.17) is 4.74 Å². The standard InChI is InChI=1S/C29H22N2O5/c32-27-22-11-5-10-17-16(12-13-24(30-27)26(17)22)14-25(28(33)34)31-29(35)36-15-23-20-8-3-1-6-18(20)19-7-2-4-9-21(19)23/h1-13,23,25H,14-15H2,(H,30,32)(H,31,35)(H,33,34)/t25-/m0/s1. The van der Waals surface area contributed by atoms with Gasteiger partial charge in [-0.15, -0.1) is 0 Å². The molecule has 0 radical (unpaired) electrons. The molecule has 1 aliphatic carbocycles. The van der Waals surface area contributed by atoms with Gasteiger partial charge in [0.1, 0.15) is 12.6 Å². The largest absolute Gasteiger partial charge is 0.480 e. The third-order valence-corrected chi connectivity index (χ3v) is 6.98. The van der Waals surface area contributed by atoms with E-state index in [1.807, 2.05) is 42.5 Å². The van der Waals surface area contributed by atoms with Crippen molar-refractivity contribution in [3.8, 4) is 11.1 Å². The van der Waals surface area contributed by atoms with Crippen LogP contribution in [-0.4, -0.2) is 35.7 Å². The summed E-state index contributed by atoms with van der Waals surface area (Å²) in [6.45, 7) is 0.0982. The molecule has 0 spiro atoms. The number of ether oxygens (including phenoxy) is 1. The molecule has 0 fully saturated rings. The topological polar surface area (TPSA) is 105 Å². The monoisotopic (exact) mass is 478 g/mol. The number of carboxylic acid groups (broad SMARTS) is 1. The number of benzene rings is 4. The van der Waals surface area contributed by atoms with Crippen LogP contribution in [0.2, 0.25) is 0 Å². The first-order valence-corrected chi connectivity index (χ1v) is 11.7. The van der Waals surface area contributed by atoms with Gasteiger partial charge in [-0.3, -0.25) is 4.79 Å². The summed E-state index contributed by atoms with van der Waals surface area (Å²) in [4.78, 5) is 36.9. The summed E-state index contributed by atoms with van der Waals surface area (Å²) in [5, 5.41) is 16.7. The lowest BCUT2D eigenvalue weighted by atomic mass is 9.96. The van der Waals surface area contributed by atoms with E-state index in [1.54, 1.807) is 24.3 Å². The molecule has 3 N–H and O–H groups in total. The molecule has 1 atom stereocenters. The smallest absolute Gasteiger partial charge is 0.407 e. The number of hydrogen-bond donors (Lipinski definition) is 3. The first-order chi connectivity index (χ1) is 17.5. The van der Waals surface area contributed by atoms with Crippen LogP contribution in [0.1, 0.15) is 33.0 Å². The molecular formula is C29H22N2O5. The lowest BCUT2D eigenvalue weighted by molar-refractivity contribution is -0.139. The Bertz CT molecular complexity index is 1520. The fraction of sp³-hybridized carbons (Fsp3) is 0.138. The number of nitrogens with one attached hydrogen (secondary N) is 2. The van der Waals surface area contributed by atoms with Crippen LogP contribution in [0.3, 0.4) is 0 Å². The second-order valence-corrected chi connectivity index (χ2v) is 9.02. The number of carbonyl (C=O) groups excluding carboxylic acids is 2. The van der Waals surface area contributed by atoms with Crippen molar-refractivity contribution in [3.05, 3.63) is 101 Å². The minimum Gasteiger partial charge on any atom is -0.480 e. The van der Waals surface area contributed by atoms with E-state index in [0.29, 0.717) is 11.3 Å². The zero-order chi connectivity index (χ0) is 24.8. The number of carbonyl (C=O) groups is 3. The molecule has 7 nitrogen and oxygen atoms in total. The van der Waals surface area contributed by atoms with Gasteiger partial charge in [0.2, 0.25) is 0 Å². The van der Waals surface area contributed by atoms with Gasteiger partial charge in [0.25, 0.3) is 5.91 Å². The highest BCUT2D eigenvalue weighted by atomic mass is 16.5. The van der Waals surface area contributed by atoms with Gasteiger partial charge >= 0.3 is 12.1 Å². The van der Waals surface area contributed by atoms with Gasteiger partial charge in [-0.05, 0) is 45.3 Å². The molecule has 2 amide bonds. The van der Waals surface area contributed by atoms with Crippen molar-refractivity contribution >= 4 is 34.4 Å². The first kappa shape index (κ1) is 21.9. The van der Waals surface area contributed by atoms with Gasteiger partial charge in [-0.1, -0.05) is 66.7 Å². The molecule has 4 aromatic carbocycles. The summed E-state index contributed by atoms with van der Waals surface area (Å²) in [5.74, 6) is -1.46. The van der Waals surface area contributed by atoms with Crippen LogP contribution in [-0.2, 0) is 16.0 Å². The molecule has 0 aromatic heterocycles. The zero-order valence-corrected chi connectivity index (χ0v) is 19.2. The van der Waals surface area contributed by atoms with Gasteiger partial charge in [0.15, 0.2) is 0 Å². The van der Waals surface area contributed by atoms with Crippen molar-refractivity contribution in [2.24, 2.45) is 0 Å². The number of alkyl carbamates (subject to hydrolysis) is 1. The maximum Gasteiger partial charge on any atom is 0.407 e. The molecule has 0 unspecified atom stereocenters. The fourth-order valence-corrected chi connectivity index (χ4v) is 5.33. The van der Waals surface area contributed by atoms with E-state index in [1.165, 1.54) is 0 Å². The van der Waals surface area contributed by atoms with Gasteiger partial charge in [0.05, 0.1) is 0 Å². The molecule has 4 aromatic rings. The predicted molar refractivity (Wildman–Crippen MR) is 135 cm³/mol. The van der Waals surface area contributed by atoms with E-state index in [0.717, 1.165) is 38.6 Å². The van der Waals surface area contributed by atoms with E-state index >= 15 is 0 Å². The highest BCUT2D eigenvalue weighted by molar-refractivity contribution is 6.24. The second kappa shape index (κ2) is 8.53. The van der Waals surface area contributed by atoms with Crippen molar-refractivity contribution in [1.82, 2.24) is 5.32 Å². The molecular weight excluding hydrogens is 456 g/mol. The van der Waals surface area contributed by atoms with Crippen molar-refractivity contribution in [1.29, 1.82) is 0 Å². The molecule has 7 heteroatoms. The SMILES string of the molecule is O=C(N[C@@H](Cc1ccc2c3c(cccc13)C(=O)N2)C(=O)O)OCC1c2ccccc2-c2ccccc21. The Kier molecular flexibility index (Phi) is 5.18. The molecule has 6 rings (SSSR count). The van der Waals surface area contributed by atoms with E-state index in [9.17, 15) is 19.5 Å². The first-order valence-electron chi connectivity index (χ1n) is 11.7. The average Bonchev–Trinajstić information content (AvgIpc) is 3.39. The summed E-state index contributed by atoms with van der Waals surface area (Å²) in [6, 6.07) is 23.7. The van der Waals surface area contributed by atoms with Crippen molar-refractivity contribution in [2.75, 3.05) is 11.9 Å². The van der Waals surface area contributed by atoms with Crippen molar-refractivity contribution < 1.29 is 24.2 Å². The molecule has 1 aliphatic heterocycles. The molecule has 178 valence electrons. The van der Waals surface area contributed by atoms with E-state index in [2.05, 4.69) is 22.8 Å². The van der Waals surface area contributed by atoms with Crippen LogP contribution in [0.5, 0.6) is 0 Å². The van der Waals surface area contributed by atoms with Crippen LogP contribution in [0.15, 0.2) is 78.9 Å². The third kappa shape index (κ3) is 3.56. The number of amides is 2. The lowest BCUT2D eigenvalue weighted by Crippen LogP contribution is -2.43. The predicted octanol–water partition coefficient (Wildman–Crippen LogP) is 4.94. The quantitative estimate of drug-likeness (QED) is 0.364. The number of carboxylic acids is 1. The number of anilines is 1. The number of aliphatic carboxylic acids is 1. The second-order valence-electron chi connectivity index (χ2n) is 9.02. The summed E-state index contributed by atoms with van der Waals surface area (Å²) in [6.07, 6.45) is -0.736. The van der Waals surface area contributed by atoms with E-state index < -0.39 is 18.1 Å². The molecule has 2 aliphatic rings. The Morgan fingerprint density at radius 3 is 2.25 bits per heavy atom. The Morgan fingerprint density at radius 1 is 0.889 bits per heavy atom. The van der Waals surface area contributed by atoms with Gasteiger partial charge in [0, 0.05) is 29.0 Å². The number of fused-ring (bicyclic) bond motifs is 3. The summed E-state index contributed by atoms with van der Waals surface area (Å²) in [7, 11) is 0. The molecule has 1 heterocycles.